The predicted molar refractivity (Wildman–Crippen MR) is 121 cm³/mol. The second-order valence-electron chi connectivity index (χ2n) is 8.83. The zero-order valence-corrected chi connectivity index (χ0v) is 19.2. The number of pyridine rings is 1. The lowest BCUT2D eigenvalue weighted by atomic mass is 10.2. The van der Waals surface area contributed by atoms with Crippen molar-refractivity contribution in [3.63, 3.8) is 0 Å². The van der Waals surface area contributed by atoms with Gasteiger partial charge in [-0.2, -0.15) is 0 Å². The minimum Gasteiger partial charge on any atom is -0.444 e. The van der Waals surface area contributed by atoms with Crippen LogP contribution in [0.15, 0.2) is 23.3 Å². The molecule has 2 aliphatic heterocycles. The third-order valence-corrected chi connectivity index (χ3v) is 5.12. The maximum Gasteiger partial charge on any atom is 0.407 e. The number of alkyl carbamates (subject to hydrolysis) is 1. The topological polar surface area (TPSA) is 91.3 Å². The highest BCUT2D eigenvalue weighted by Crippen LogP contribution is 2.20. The van der Waals surface area contributed by atoms with Crippen molar-refractivity contribution in [2.75, 3.05) is 50.8 Å². The van der Waals surface area contributed by atoms with Crippen molar-refractivity contribution in [2.45, 2.75) is 52.3 Å². The van der Waals surface area contributed by atoms with Gasteiger partial charge in [-0.05, 0) is 40.2 Å². The van der Waals surface area contributed by atoms with Crippen LogP contribution in [0.2, 0.25) is 0 Å². The van der Waals surface area contributed by atoms with Gasteiger partial charge in [-0.25, -0.2) is 14.8 Å². The molecule has 0 spiro atoms. The molecule has 172 valence electrons. The fourth-order valence-corrected chi connectivity index (χ4v) is 3.74. The van der Waals surface area contributed by atoms with Crippen molar-refractivity contribution in [1.29, 1.82) is 0 Å². The minimum atomic E-state index is -0.499. The molecule has 1 aromatic heterocycles. The van der Waals surface area contributed by atoms with E-state index in [1.165, 1.54) is 0 Å². The van der Waals surface area contributed by atoms with E-state index in [1.807, 2.05) is 33.0 Å². The average Bonchev–Trinajstić information content (AvgIpc) is 3.18. The second kappa shape index (κ2) is 10.7. The summed E-state index contributed by atoms with van der Waals surface area (Å²) in [5, 5.41) is 6.36. The molecule has 2 saturated heterocycles. The number of hydrogen-bond donors (Lipinski definition) is 2. The van der Waals surface area contributed by atoms with Gasteiger partial charge in [0.05, 0.1) is 25.8 Å². The second-order valence-corrected chi connectivity index (χ2v) is 8.83. The van der Waals surface area contributed by atoms with E-state index in [9.17, 15) is 4.79 Å². The number of amides is 1. The molecule has 0 aliphatic carbocycles. The third kappa shape index (κ3) is 6.99. The van der Waals surface area contributed by atoms with Gasteiger partial charge in [-0.1, -0.05) is 6.07 Å². The Morgan fingerprint density at radius 1 is 1.32 bits per heavy atom. The van der Waals surface area contributed by atoms with Crippen molar-refractivity contribution in [3.8, 4) is 0 Å². The molecule has 31 heavy (non-hydrogen) atoms. The van der Waals surface area contributed by atoms with Crippen LogP contribution >= 0.6 is 0 Å². The Morgan fingerprint density at radius 2 is 2.10 bits per heavy atom. The molecule has 9 heteroatoms. The highest BCUT2D eigenvalue weighted by atomic mass is 16.6. The molecular weight excluding hydrogens is 396 g/mol. The summed E-state index contributed by atoms with van der Waals surface area (Å²) in [6.45, 7) is 13.7. The third-order valence-electron chi connectivity index (χ3n) is 5.12. The van der Waals surface area contributed by atoms with Crippen LogP contribution in [0.4, 0.5) is 10.6 Å². The van der Waals surface area contributed by atoms with Gasteiger partial charge < -0.3 is 29.9 Å². The quantitative estimate of drug-likeness (QED) is 0.543. The highest BCUT2D eigenvalue weighted by molar-refractivity contribution is 5.80. The fraction of sp³-hybridized carbons (Fsp3) is 0.682. The summed E-state index contributed by atoms with van der Waals surface area (Å²) < 4.78 is 10.9. The first-order valence-electron chi connectivity index (χ1n) is 11.1. The van der Waals surface area contributed by atoms with Gasteiger partial charge in [0.25, 0.3) is 0 Å². The molecule has 1 atom stereocenters. The summed E-state index contributed by atoms with van der Waals surface area (Å²) in [5.41, 5.74) is 0.600. The molecule has 9 nitrogen and oxygen atoms in total. The van der Waals surface area contributed by atoms with E-state index in [1.54, 1.807) is 0 Å². The fourth-order valence-electron chi connectivity index (χ4n) is 3.74. The number of morpholine rings is 1. The number of aromatic nitrogens is 1. The van der Waals surface area contributed by atoms with Crippen LogP contribution in [0.5, 0.6) is 0 Å². The molecule has 1 amide bonds. The smallest absolute Gasteiger partial charge is 0.407 e. The van der Waals surface area contributed by atoms with Crippen LogP contribution in [0.25, 0.3) is 0 Å². The molecule has 0 radical (unpaired) electrons. The van der Waals surface area contributed by atoms with E-state index >= 15 is 0 Å². The number of carbonyl (C=O) groups excluding carboxylic acids is 1. The number of anilines is 1. The van der Waals surface area contributed by atoms with E-state index in [4.69, 9.17) is 14.5 Å². The summed E-state index contributed by atoms with van der Waals surface area (Å²) in [6.07, 6.45) is 2.32. The van der Waals surface area contributed by atoms with E-state index in [-0.39, 0.29) is 12.1 Å². The van der Waals surface area contributed by atoms with Crippen LogP contribution < -0.4 is 15.5 Å². The maximum absolute atomic E-state index is 12.1. The maximum atomic E-state index is 12.1. The lowest BCUT2D eigenvalue weighted by Crippen LogP contribution is -2.44. The normalized spacial score (nSPS) is 20.0. The zero-order valence-electron chi connectivity index (χ0n) is 19.2. The van der Waals surface area contributed by atoms with Gasteiger partial charge in [0.2, 0.25) is 0 Å². The number of hydrogen-bond acceptors (Lipinski definition) is 6. The van der Waals surface area contributed by atoms with E-state index in [0.717, 1.165) is 63.2 Å². The number of guanidine groups is 1. The SMILES string of the molecule is CCNC(=NCc1cccnc1N1CCOCC1)N1CCC(NC(=O)OC(C)(C)C)C1. The molecule has 2 aliphatic rings. The molecule has 0 saturated carbocycles. The summed E-state index contributed by atoms with van der Waals surface area (Å²) in [4.78, 5) is 26.0. The van der Waals surface area contributed by atoms with Crippen molar-refractivity contribution < 1.29 is 14.3 Å². The minimum absolute atomic E-state index is 0.0426. The summed E-state index contributed by atoms with van der Waals surface area (Å²) in [6, 6.07) is 4.08. The molecular formula is C22H36N6O3. The van der Waals surface area contributed by atoms with Crippen molar-refractivity contribution in [2.24, 2.45) is 4.99 Å². The number of carbonyl (C=O) groups is 1. The van der Waals surface area contributed by atoms with E-state index < -0.39 is 5.60 Å². The molecule has 2 fully saturated rings. The first kappa shape index (κ1) is 23.1. The van der Waals surface area contributed by atoms with Crippen molar-refractivity contribution in [3.05, 3.63) is 23.9 Å². The molecule has 0 aromatic carbocycles. The van der Waals surface area contributed by atoms with Crippen LogP contribution in [0, 0.1) is 0 Å². The molecule has 1 aromatic rings. The average molecular weight is 433 g/mol. The number of ether oxygens (including phenoxy) is 2. The number of aliphatic imine (C=N–C) groups is 1. The lowest BCUT2D eigenvalue weighted by Gasteiger charge is -2.29. The van der Waals surface area contributed by atoms with Crippen molar-refractivity contribution >= 4 is 17.9 Å². The predicted octanol–water partition coefficient (Wildman–Crippen LogP) is 1.98. The lowest BCUT2D eigenvalue weighted by molar-refractivity contribution is 0.0507. The Bertz CT molecular complexity index is 758. The number of likely N-dealkylation sites (tertiary alicyclic amines) is 1. The Hall–Kier alpha value is -2.55. The van der Waals surface area contributed by atoms with Gasteiger partial charge in [0.15, 0.2) is 5.96 Å². The molecule has 1 unspecified atom stereocenters. The van der Waals surface area contributed by atoms with E-state index in [0.29, 0.717) is 13.1 Å². The zero-order chi connectivity index (χ0) is 22.3. The van der Waals surface area contributed by atoms with Gasteiger partial charge in [-0.3, -0.25) is 0 Å². The molecule has 3 heterocycles. The Labute approximate surface area is 185 Å². The summed E-state index contributed by atoms with van der Waals surface area (Å²) >= 11 is 0. The van der Waals surface area contributed by atoms with Crippen LogP contribution in [-0.2, 0) is 16.0 Å². The van der Waals surface area contributed by atoms with Crippen LogP contribution in [-0.4, -0.2) is 79.5 Å². The monoisotopic (exact) mass is 432 g/mol. The number of nitrogens with one attached hydrogen (secondary N) is 2. The highest BCUT2D eigenvalue weighted by Gasteiger charge is 2.28. The standard InChI is InChI=1S/C22H36N6O3/c1-5-23-20(28-10-8-18(16-28)26-21(29)31-22(2,3)4)25-15-17-7-6-9-24-19(17)27-11-13-30-14-12-27/h6-7,9,18H,5,8,10-16H2,1-4H3,(H,23,25)(H,26,29). The summed E-state index contributed by atoms with van der Waals surface area (Å²) in [5.74, 6) is 1.84. The Balaban J connectivity index is 1.63. The van der Waals surface area contributed by atoms with Gasteiger partial charge in [-0.15, -0.1) is 0 Å². The first-order valence-corrected chi connectivity index (χ1v) is 11.1. The van der Waals surface area contributed by atoms with Crippen LogP contribution in [0.3, 0.4) is 0 Å². The Kier molecular flexibility index (Phi) is 7.95. The molecule has 2 N–H and O–H groups in total. The largest absolute Gasteiger partial charge is 0.444 e. The summed E-state index contributed by atoms with van der Waals surface area (Å²) in [7, 11) is 0. The van der Waals surface area contributed by atoms with Crippen molar-refractivity contribution in [1.82, 2.24) is 20.5 Å². The van der Waals surface area contributed by atoms with Gasteiger partial charge in [0, 0.05) is 44.5 Å². The molecule has 0 bridgehead atoms. The number of nitrogens with zero attached hydrogens (tertiary/aromatic N) is 4. The number of rotatable bonds is 5. The van der Waals surface area contributed by atoms with Gasteiger partial charge in [0.1, 0.15) is 11.4 Å². The molecule has 3 rings (SSSR count). The Morgan fingerprint density at radius 3 is 2.81 bits per heavy atom. The van der Waals surface area contributed by atoms with E-state index in [2.05, 4.69) is 38.4 Å². The van der Waals surface area contributed by atoms with Crippen LogP contribution in [0.1, 0.15) is 39.7 Å². The first-order chi connectivity index (χ1) is 14.9. The van der Waals surface area contributed by atoms with Gasteiger partial charge >= 0.3 is 6.09 Å².